The van der Waals surface area contributed by atoms with Gasteiger partial charge in [0.1, 0.15) is 0 Å². The van der Waals surface area contributed by atoms with Crippen molar-refractivity contribution in [2.24, 2.45) is 5.73 Å². The number of amides is 3. The summed E-state index contributed by atoms with van der Waals surface area (Å²) in [5.74, 6) is -0.692. The van der Waals surface area contributed by atoms with Gasteiger partial charge in [-0.25, -0.2) is 19.7 Å². The van der Waals surface area contributed by atoms with Gasteiger partial charge in [-0.1, -0.05) is 0 Å². The number of ether oxygens (including phenoxy) is 2. The Labute approximate surface area is 74.2 Å². The molecule has 0 heterocycles. The molecule has 0 saturated heterocycles. The van der Waals surface area contributed by atoms with Gasteiger partial charge in [-0.05, 0) is 6.92 Å². The molecule has 0 aliphatic carbocycles. The molecule has 13 heavy (non-hydrogen) atoms. The maximum Gasteiger partial charge on any atom is 0.415 e. The third kappa shape index (κ3) is 6.60. The van der Waals surface area contributed by atoms with E-state index in [9.17, 15) is 14.4 Å². The first-order valence-corrected chi connectivity index (χ1v) is 3.45. The van der Waals surface area contributed by atoms with Crippen LogP contribution >= 0.6 is 0 Å². The summed E-state index contributed by atoms with van der Waals surface area (Å²) in [5.41, 5.74) is 4.59. The molecule has 0 aromatic rings. The van der Waals surface area contributed by atoms with E-state index >= 15 is 0 Å². The third-order valence-corrected chi connectivity index (χ3v) is 0.852. The molecule has 0 aliphatic rings. The number of nitrogens with one attached hydrogen (secondary N) is 1. The van der Waals surface area contributed by atoms with Crippen molar-refractivity contribution in [2.75, 3.05) is 13.2 Å². The summed E-state index contributed by atoms with van der Waals surface area (Å²) >= 11 is 0. The van der Waals surface area contributed by atoms with Crippen molar-refractivity contribution in [3.8, 4) is 0 Å². The monoisotopic (exact) mass is 190 g/mol. The van der Waals surface area contributed by atoms with Crippen LogP contribution in [0.1, 0.15) is 6.92 Å². The molecule has 0 aliphatic heterocycles. The average molecular weight is 190 g/mol. The molecule has 0 fully saturated rings. The number of urea groups is 1. The quantitative estimate of drug-likeness (QED) is 0.575. The van der Waals surface area contributed by atoms with Crippen molar-refractivity contribution >= 4 is 18.1 Å². The van der Waals surface area contributed by atoms with Crippen LogP contribution in [0.4, 0.5) is 9.59 Å². The summed E-state index contributed by atoms with van der Waals surface area (Å²) in [6, 6.07) is -1.05. The number of hydrogen-bond acceptors (Lipinski definition) is 5. The Kier molecular flexibility index (Phi) is 5.01. The van der Waals surface area contributed by atoms with Gasteiger partial charge < -0.3 is 15.2 Å². The van der Waals surface area contributed by atoms with Crippen molar-refractivity contribution in [1.82, 2.24) is 5.32 Å². The molecule has 0 rings (SSSR count). The van der Waals surface area contributed by atoms with Crippen LogP contribution in [0, 0.1) is 0 Å². The van der Waals surface area contributed by atoms with E-state index in [0.29, 0.717) is 0 Å². The van der Waals surface area contributed by atoms with Gasteiger partial charge in [0.05, 0.1) is 6.61 Å². The zero-order valence-electron chi connectivity index (χ0n) is 7.03. The highest BCUT2D eigenvalue weighted by molar-refractivity contribution is 5.90. The molecular formula is C6H10N2O5. The minimum Gasteiger partial charge on any atom is -0.463 e. The first kappa shape index (κ1) is 11.2. The van der Waals surface area contributed by atoms with Crippen LogP contribution in [0.5, 0.6) is 0 Å². The minimum absolute atomic E-state index is 0.194. The molecule has 3 amide bonds. The Morgan fingerprint density at radius 3 is 2.38 bits per heavy atom. The first-order chi connectivity index (χ1) is 6.06. The molecule has 3 N–H and O–H groups in total. The van der Waals surface area contributed by atoms with Gasteiger partial charge in [-0.15, -0.1) is 0 Å². The van der Waals surface area contributed by atoms with Gasteiger partial charge in [0, 0.05) is 0 Å². The smallest absolute Gasteiger partial charge is 0.415 e. The standard InChI is InChI=1S/C6H10N2O5/c1-2-12-4(9)3-13-6(11)8-5(7)10/h2-3H2,1H3,(H3,7,8,10,11). The van der Waals surface area contributed by atoms with Crippen molar-refractivity contribution in [3.63, 3.8) is 0 Å². The molecule has 7 nitrogen and oxygen atoms in total. The summed E-state index contributed by atoms with van der Waals surface area (Å²) in [4.78, 5) is 31.2. The van der Waals surface area contributed by atoms with Crippen LogP contribution in [0.15, 0.2) is 0 Å². The van der Waals surface area contributed by atoms with E-state index in [4.69, 9.17) is 0 Å². The number of carbonyl (C=O) groups excluding carboxylic acids is 3. The summed E-state index contributed by atoms with van der Waals surface area (Å²) in [5, 5.41) is 1.61. The Morgan fingerprint density at radius 2 is 1.92 bits per heavy atom. The van der Waals surface area contributed by atoms with E-state index in [1.807, 2.05) is 0 Å². The Hall–Kier alpha value is -1.79. The second kappa shape index (κ2) is 5.81. The van der Waals surface area contributed by atoms with Crippen LogP contribution in [-0.4, -0.2) is 31.3 Å². The number of imide groups is 1. The maximum absolute atomic E-state index is 10.6. The average Bonchev–Trinajstić information content (AvgIpc) is 2.00. The number of esters is 1. The lowest BCUT2D eigenvalue weighted by atomic mass is 10.7. The SMILES string of the molecule is CCOC(=O)COC(=O)NC(N)=O. The highest BCUT2D eigenvalue weighted by Crippen LogP contribution is 1.82. The van der Waals surface area contributed by atoms with E-state index in [0.717, 1.165) is 0 Å². The van der Waals surface area contributed by atoms with E-state index < -0.39 is 24.7 Å². The lowest BCUT2D eigenvalue weighted by Crippen LogP contribution is -2.36. The van der Waals surface area contributed by atoms with Gasteiger partial charge in [-0.3, -0.25) is 0 Å². The molecule has 0 aromatic carbocycles. The number of nitrogens with two attached hydrogens (primary N) is 1. The molecule has 0 atom stereocenters. The summed E-state index contributed by atoms with van der Waals surface area (Å²) in [6.07, 6.45) is -1.08. The lowest BCUT2D eigenvalue weighted by Gasteiger charge is -2.03. The second-order valence-corrected chi connectivity index (χ2v) is 1.87. The van der Waals surface area contributed by atoms with E-state index in [-0.39, 0.29) is 6.61 Å². The third-order valence-electron chi connectivity index (χ3n) is 0.852. The van der Waals surface area contributed by atoms with Crippen LogP contribution in [-0.2, 0) is 14.3 Å². The van der Waals surface area contributed by atoms with Gasteiger partial charge in [0.25, 0.3) is 0 Å². The lowest BCUT2D eigenvalue weighted by molar-refractivity contribution is -0.146. The molecule has 0 radical (unpaired) electrons. The highest BCUT2D eigenvalue weighted by atomic mass is 16.6. The Bertz CT molecular complexity index is 215. The highest BCUT2D eigenvalue weighted by Gasteiger charge is 2.08. The zero-order valence-corrected chi connectivity index (χ0v) is 7.03. The predicted octanol–water partition coefficient (Wildman–Crippen LogP) is -0.646. The van der Waals surface area contributed by atoms with Crippen molar-refractivity contribution < 1.29 is 23.9 Å². The second-order valence-electron chi connectivity index (χ2n) is 1.87. The van der Waals surface area contributed by atoms with Crippen LogP contribution in [0.25, 0.3) is 0 Å². The fraction of sp³-hybridized carbons (Fsp3) is 0.500. The minimum atomic E-state index is -1.08. The van der Waals surface area contributed by atoms with Gasteiger partial charge in [-0.2, -0.15) is 0 Å². The molecule has 74 valence electrons. The maximum atomic E-state index is 10.6. The van der Waals surface area contributed by atoms with Crippen LogP contribution in [0.2, 0.25) is 0 Å². The number of primary amides is 1. The molecule has 0 unspecified atom stereocenters. The van der Waals surface area contributed by atoms with E-state index in [1.165, 1.54) is 0 Å². The number of hydrogen-bond donors (Lipinski definition) is 2. The summed E-state index contributed by atoms with van der Waals surface area (Å²) in [7, 11) is 0. The van der Waals surface area contributed by atoms with E-state index in [2.05, 4.69) is 15.2 Å². The normalized spacial score (nSPS) is 8.69. The Morgan fingerprint density at radius 1 is 1.31 bits per heavy atom. The summed E-state index contributed by atoms with van der Waals surface area (Å²) in [6.45, 7) is 1.26. The molecule has 0 aromatic heterocycles. The number of rotatable bonds is 3. The molecule has 0 saturated carbocycles. The van der Waals surface area contributed by atoms with Crippen LogP contribution in [0.3, 0.4) is 0 Å². The topological polar surface area (TPSA) is 108 Å². The van der Waals surface area contributed by atoms with Crippen molar-refractivity contribution in [2.45, 2.75) is 6.92 Å². The molecule has 7 heteroatoms. The molecular weight excluding hydrogens is 180 g/mol. The first-order valence-electron chi connectivity index (χ1n) is 3.45. The fourth-order valence-electron chi connectivity index (χ4n) is 0.464. The number of alkyl carbamates (subject to hydrolysis) is 1. The van der Waals surface area contributed by atoms with E-state index in [1.54, 1.807) is 12.2 Å². The molecule has 0 bridgehead atoms. The van der Waals surface area contributed by atoms with Crippen molar-refractivity contribution in [3.05, 3.63) is 0 Å². The fourth-order valence-corrected chi connectivity index (χ4v) is 0.464. The Balaban J connectivity index is 3.58. The van der Waals surface area contributed by atoms with Gasteiger partial charge in [0.2, 0.25) is 0 Å². The predicted molar refractivity (Wildman–Crippen MR) is 40.7 cm³/mol. The number of carbonyl (C=O) groups is 3. The molecule has 0 spiro atoms. The zero-order chi connectivity index (χ0) is 10.3. The van der Waals surface area contributed by atoms with Gasteiger partial charge in [0.15, 0.2) is 6.61 Å². The largest absolute Gasteiger partial charge is 0.463 e. The van der Waals surface area contributed by atoms with Gasteiger partial charge >= 0.3 is 18.1 Å². The van der Waals surface area contributed by atoms with Crippen LogP contribution < -0.4 is 11.1 Å². The van der Waals surface area contributed by atoms with Crippen molar-refractivity contribution in [1.29, 1.82) is 0 Å². The summed E-state index contributed by atoms with van der Waals surface area (Å²) < 4.78 is 8.68.